The van der Waals surface area contributed by atoms with Crippen LogP contribution in [0.4, 0.5) is 5.00 Å². The molecule has 1 aliphatic carbocycles. The van der Waals surface area contributed by atoms with E-state index in [1.165, 1.54) is 16.2 Å². The highest BCUT2D eigenvalue weighted by molar-refractivity contribution is 7.80. The van der Waals surface area contributed by atoms with E-state index in [9.17, 15) is 9.59 Å². The van der Waals surface area contributed by atoms with Crippen LogP contribution >= 0.6 is 35.2 Å². The van der Waals surface area contributed by atoms with Gasteiger partial charge in [-0.15, -0.1) is 11.3 Å². The number of esters is 1. The molecule has 5 nitrogen and oxygen atoms in total. The Morgan fingerprint density at radius 3 is 2.88 bits per heavy atom. The standard InChI is InChI=1S/C18H17ClN2O3S2/c1-2-24-17(23)14-12-7-4-8-13(12)26-16(14)21-18(25)20-15(22)10-5-3-6-11(19)9-10/h3,5-6,9H,2,4,7-8H2,1H3,(H2,20,21,22,25). The summed E-state index contributed by atoms with van der Waals surface area (Å²) in [7, 11) is 0. The van der Waals surface area contributed by atoms with Crippen molar-refractivity contribution in [2.24, 2.45) is 0 Å². The summed E-state index contributed by atoms with van der Waals surface area (Å²) in [6, 6.07) is 6.58. The van der Waals surface area contributed by atoms with E-state index < -0.39 is 0 Å². The molecule has 0 radical (unpaired) electrons. The molecule has 2 N–H and O–H groups in total. The van der Waals surface area contributed by atoms with Crippen LogP contribution in [-0.2, 0) is 17.6 Å². The highest BCUT2D eigenvalue weighted by Crippen LogP contribution is 2.39. The second-order valence-electron chi connectivity index (χ2n) is 5.70. The van der Waals surface area contributed by atoms with E-state index in [0.717, 1.165) is 24.8 Å². The number of rotatable bonds is 4. The molecule has 1 aromatic heterocycles. The molecule has 0 saturated heterocycles. The highest BCUT2D eigenvalue weighted by Gasteiger charge is 2.28. The number of aryl methyl sites for hydroxylation is 1. The van der Waals surface area contributed by atoms with Crippen LogP contribution in [0, 0.1) is 0 Å². The monoisotopic (exact) mass is 408 g/mol. The number of thiocarbonyl (C=S) groups is 1. The Morgan fingerprint density at radius 2 is 2.15 bits per heavy atom. The molecule has 0 unspecified atom stereocenters. The van der Waals surface area contributed by atoms with E-state index in [-0.39, 0.29) is 17.0 Å². The highest BCUT2D eigenvalue weighted by atomic mass is 35.5. The number of carbonyl (C=O) groups is 2. The lowest BCUT2D eigenvalue weighted by molar-refractivity contribution is 0.0527. The number of ether oxygens (including phenoxy) is 1. The van der Waals surface area contributed by atoms with Gasteiger partial charge in [0.1, 0.15) is 5.00 Å². The van der Waals surface area contributed by atoms with Crippen LogP contribution in [0.3, 0.4) is 0 Å². The van der Waals surface area contributed by atoms with E-state index in [1.54, 1.807) is 31.2 Å². The number of fused-ring (bicyclic) bond motifs is 1. The van der Waals surface area contributed by atoms with Crippen molar-refractivity contribution < 1.29 is 14.3 Å². The number of halogens is 1. The molecule has 1 aliphatic rings. The zero-order chi connectivity index (χ0) is 18.7. The molecular weight excluding hydrogens is 392 g/mol. The van der Waals surface area contributed by atoms with E-state index in [1.807, 2.05) is 0 Å². The Labute approximate surface area is 165 Å². The zero-order valence-electron chi connectivity index (χ0n) is 14.1. The van der Waals surface area contributed by atoms with Gasteiger partial charge in [0.25, 0.3) is 5.91 Å². The third kappa shape index (κ3) is 4.06. The van der Waals surface area contributed by atoms with E-state index >= 15 is 0 Å². The molecule has 0 saturated carbocycles. The lowest BCUT2D eigenvalue weighted by atomic mass is 10.1. The normalized spacial score (nSPS) is 12.4. The van der Waals surface area contributed by atoms with Gasteiger partial charge in [0.15, 0.2) is 5.11 Å². The third-order valence-corrected chi connectivity index (χ3v) is 5.59. The van der Waals surface area contributed by atoms with Gasteiger partial charge < -0.3 is 10.1 Å². The maximum atomic E-state index is 12.3. The summed E-state index contributed by atoms with van der Waals surface area (Å²) in [4.78, 5) is 25.8. The molecule has 0 aliphatic heterocycles. The van der Waals surface area contributed by atoms with Gasteiger partial charge in [-0.1, -0.05) is 17.7 Å². The first-order valence-electron chi connectivity index (χ1n) is 8.19. The number of nitrogens with one attached hydrogen (secondary N) is 2. The molecule has 2 aromatic rings. The van der Waals surface area contributed by atoms with Crippen LogP contribution in [0.25, 0.3) is 0 Å². The van der Waals surface area contributed by atoms with Crippen LogP contribution in [0.15, 0.2) is 24.3 Å². The van der Waals surface area contributed by atoms with Gasteiger partial charge >= 0.3 is 5.97 Å². The fourth-order valence-electron chi connectivity index (χ4n) is 2.85. The SMILES string of the molecule is CCOC(=O)c1c(NC(=S)NC(=O)c2cccc(Cl)c2)sc2c1CCC2. The first-order valence-corrected chi connectivity index (χ1v) is 9.79. The van der Waals surface area contributed by atoms with E-state index in [2.05, 4.69) is 10.6 Å². The van der Waals surface area contributed by atoms with Crippen LogP contribution in [0.1, 0.15) is 44.5 Å². The third-order valence-electron chi connectivity index (χ3n) is 3.94. The zero-order valence-corrected chi connectivity index (χ0v) is 16.4. The van der Waals surface area contributed by atoms with Gasteiger partial charge in [0.05, 0.1) is 12.2 Å². The topological polar surface area (TPSA) is 67.4 Å². The Hall–Kier alpha value is -1.96. The Morgan fingerprint density at radius 1 is 1.35 bits per heavy atom. The van der Waals surface area contributed by atoms with Gasteiger partial charge in [0.2, 0.25) is 0 Å². The maximum absolute atomic E-state index is 12.3. The Bertz CT molecular complexity index is 879. The molecule has 8 heteroatoms. The molecule has 0 atom stereocenters. The van der Waals surface area contributed by atoms with Crippen molar-refractivity contribution in [1.82, 2.24) is 5.32 Å². The summed E-state index contributed by atoms with van der Waals surface area (Å²) >= 11 is 12.6. The summed E-state index contributed by atoms with van der Waals surface area (Å²) in [5.41, 5.74) is 1.96. The van der Waals surface area contributed by atoms with Crippen LogP contribution in [0.2, 0.25) is 5.02 Å². The van der Waals surface area contributed by atoms with E-state index in [4.69, 9.17) is 28.6 Å². The number of benzene rings is 1. The molecular formula is C18H17ClN2O3S2. The molecule has 1 amide bonds. The summed E-state index contributed by atoms with van der Waals surface area (Å²) in [6.45, 7) is 2.08. The molecule has 0 bridgehead atoms. The van der Waals surface area contributed by atoms with Crippen molar-refractivity contribution in [3.63, 3.8) is 0 Å². The summed E-state index contributed by atoms with van der Waals surface area (Å²) in [5, 5.41) is 6.80. The predicted molar refractivity (Wildman–Crippen MR) is 107 cm³/mol. The molecule has 3 rings (SSSR count). The Balaban J connectivity index is 1.75. The molecule has 1 aromatic carbocycles. The number of hydrogen-bond acceptors (Lipinski definition) is 5. The van der Waals surface area contributed by atoms with Gasteiger partial charge in [-0.05, 0) is 62.2 Å². The van der Waals surface area contributed by atoms with Crippen LogP contribution < -0.4 is 10.6 Å². The number of hydrogen-bond donors (Lipinski definition) is 2. The number of amides is 1. The minimum absolute atomic E-state index is 0.125. The lowest BCUT2D eigenvalue weighted by Crippen LogP contribution is -2.34. The van der Waals surface area contributed by atoms with Crippen molar-refractivity contribution in [3.05, 3.63) is 50.9 Å². The van der Waals surface area contributed by atoms with Gasteiger partial charge in [0, 0.05) is 15.5 Å². The molecule has 1 heterocycles. The Kier molecular flexibility index (Phi) is 5.90. The fourth-order valence-corrected chi connectivity index (χ4v) is 4.58. The second-order valence-corrected chi connectivity index (χ2v) is 7.65. The smallest absolute Gasteiger partial charge is 0.341 e. The lowest BCUT2D eigenvalue weighted by Gasteiger charge is -2.11. The molecule has 136 valence electrons. The van der Waals surface area contributed by atoms with Crippen molar-refractivity contribution >= 4 is 57.1 Å². The van der Waals surface area contributed by atoms with Crippen molar-refractivity contribution in [1.29, 1.82) is 0 Å². The molecule has 0 fully saturated rings. The van der Waals surface area contributed by atoms with E-state index in [0.29, 0.717) is 27.8 Å². The average Bonchev–Trinajstić information content (AvgIpc) is 3.15. The quantitative estimate of drug-likeness (QED) is 0.586. The minimum atomic E-state index is -0.369. The number of anilines is 1. The number of thiophene rings is 1. The van der Waals surface area contributed by atoms with Crippen LogP contribution in [0.5, 0.6) is 0 Å². The van der Waals surface area contributed by atoms with Crippen molar-refractivity contribution in [2.75, 3.05) is 11.9 Å². The summed E-state index contributed by atoms with van der Waals surface area (Å²) in [5.74, 6) is -0.731. The predicted octanol–water partition coefficient (Wildman–Crippen LogP) is 4.19. The van der Waals surface area contributed by atoms with Crippen LogP contribution in [-0.4, -0.2) is 23.6 Å². The summed E-state index contributed by atoms with van der Waals surface area (Å²) in [6.07, 6.45) is 2.82. The van der Waals surface area contributed by atoms with Gasteiger partial charge in [-0.3, -0.25) is 10.1 Å². The van der Waals surface area contributed by atoms with Crippen molar-refractivity contribution in [2.45, 2.75) is 26.2 Å². The van der Waals surface area contributed by atoms with Gasteiger partial charge in [-0.2, -0.15) is 0 Å². The largest absolute Gasteiger partial charge is 0.462 e. The van der Waals surface area contributed by atoms with Crippen molar-refractivity contribution in [3.8, 4) is 0 Å². The second kappa shape index (κ2) is 8.16. The molecule has 0 spiro atoms. The first-order chi connectivity index (χ1) is 12.5. The fraction of sp³-hybridized carbons (Fsp3) is 0.278. The van der Waals surface area contributed by atoms with Gasteiger partial charge in [-0.25, -0.2) is 4.79 Å². The minimum Gasteiger partial charge on any atom is -0.462 e. The molecule has 26 heavy (non-hydrogen) atoms. The maximum Gasteiger partial charge on any atom is 0.341 e. The summed E-state index contributed by atoms with van der Waals surface area (Å²) < 4.78 is 5.18. The average molecular weight is 409 g/mol. The number of carbonyl (C=O) groups excluding carboxylic acids is 2. The first kappa shape index (κ1) is 18.8.